The maximum atomic E-state index is 13.3. The number of aromatic hydroxyl groups is 1. The van der Waals surface area contributed by atoms with E-state index in [4.69, 9.17) is 11.6 Å². The minimum atomic E-state index is -0.678. The van der Waals surface area contributed by atoms with Crippen LogP contribution in [0.5, 0.6) is 5.75 Å². The molecule has 1 aromatic rings. The number of hydrogen-bond acceptors (Lipinski definition) is 3. The van der Waals surface area contributed by atoms with Crippen molar-refractivity contribution in [3.63, 3.8) is 0 Å². The lowest BCUT2D eigenvalue weighted by Crippen LogP contribution is -2.40. The van der Waals surface area contributed by atoms with E-state index in [1.54, 1.807) is 11.8 Å². The number of phenols is 1. The van der Waals surface area contributed by atoms with Gasteiger partial charge in [0, 0.05) is 26.6 Å². The Labute approximate surface area is 133 Å². The van der Waals surface area contributed by atoms with Crippen molar-refractivity contribution < 1.29 is 19.1 Å². The molecule has 2 N–H and O–H groups in total. The fourth-order valence-electron chi connectivity index (χ4n) is 2.52. The van der Waals surface area contributed by atoms with E-state index in [1.807, 2.05) is 0 Å². The van der Waals surface area contributed by atoms with Crippen LogP contribution in [0.25, 0.3) is 0 Å². The Morgan fingerprint density at radius 3 is 2.64 bits per heavy atom. The molecule has 5 nitrogen and oxygen atoms in total. The fraction of sp³-hybridized carbons (Fsp3) is 0.467. The topological polar surface area (TPSA) is 69.6 Å². The summed E-state index contributed by atoms with van der Waals surface area (Å²) >= 11 is 5.65. The number of phenolic OH excluding ortho intramolecular Hbond substituents is 1. The summed E-state index contributed by atoms with van der Waals surface area (Å²) in [6, 6.07) is 1.90. The van der Waals surface area contributed by atoms with Gasteiger partial charge in [-0.15, -0.1) is 0 Å². The van der Waals surface area contributed by atoms with E-state index in [2.05, 4.69) is 5.32 Å². The molecular weight excluding hydrogens is 311 g/mol. The van der Waals surface area contributed by atoms with Crippen molar-refractivity contribution in [2.45, 2.75) is 19.8 Å². The van der Waals surface area contributed by atoms with Gasteiger partial charge in [-0.25, -0.2) is 4.39 Å². The number of carbonyl (C=O) groups is 2. The van der Waals surface area contributed by atoms with Crippen LogP contribution in [-0.2, 0) is 4.79 Å². The average molecular weight is 329 g/mol. The number of nitrogens with one attached hydrogen (secondary N) is 1. The molecule has 2 amide bonds. The van der Waals surface area contributed by atoms with E-state index >= 15 is 0 Å². The highest BCUT2D eigenvalue weighted by atomic mass is 35.5. The number of hydrogen-bond donors (Lipinski definition) is 2. The van der Waals surface area contributed by atoms with Gasteiger partial charge >= 0.3 is 0 Å². The molecule has 0 bridgehead atoms. The summed E-state index contributed by atoms with van der Waals surface area (Å²) in [6.07, 6.45) is 1.60. The Morgan fingerprint density at radius 1 is 1.41 bits per heavy atom. The first-order valence-electron chi connectivity index (χ1n) is 7.10. The number of likely N-dealkylation sites (tertiary alicyclic amines) is 1. The molecule has 1 aromatic carbocycles. The number of piperidine rings is 1. The summed E-state index contributed by atoms with van der Waals surface area (Å²) in [6.45, 7) is 3.30. The van der Waals surface area contributed by atoms with Crippen molar-refractivity contribution in [1.82, 2.24) is 10.2 Å². The predicted molar refractivity (Wildman–Crippen MR) is 80.4 cm³/mol. The average Bonchev–Trinajstić information content (AvgIpc) is 2.48. The molecule has 1 saturated heterocycles. The molecular formula is C15H18ClFN2O3. The van der Waals surface area contributed by atoms with Gasteiger partial charge in [0.2, 0.25) is 5.91 Å². The zero-order valence-electron chi connectivity index (χ0n) is 12.2. The van der Waals surface area contributed by atoms with Gasteiger partial charge in [0.15, 0.2) is 0 Å². The summed E-state index contributed by atoms with van der Waals surface area (Å²) in [7, 11) is 0. The first-order chi connectivity index (χ1) is 10.4. The Hall–Kier alpha value is -1.82. The largest absolute Gasteiger partial charge is 0.506 e. The van der Waals surface area contributed by atoms with Crippen molar-refractivity contribution in [2.75, 3.05) is 19.6 Å². The van der Waals surface area contributed by atoms with Crippen molar-refractivity contribution >= 4 is 23.4 Å². The van der Waals surface area contributed by atoms with Gasteiger partial charge < -0.3 is 15.3 Å². The van der Waals surface area contributed by atoms with E-state index in [0.717, 1.165) is 25.0 Å². The van der Waals surface area contributed by atoms with E-state index in [0.29, 0.717) is 19.6 Å². The minimum absolute atomic E-state index is 0.0572. The molecule has 2 rings (SSSR count). The molecule has 1 aliphatic heterocycles. The molecule has 1 aliphatic rings. The molecule has 120 valence electrons. The summed E-state index contributed by atoms with van der Waals surface area (Å²) < 4.78 is 13.3. The van der Waals surface area contributed by atoms with Crippen LogP contribution >= 0.6 is 11.6 Å². The van der Waals surface area contributed by atoms with Crippen LogP contribution in [0.2, 0.25) is 5.02 Å². The van der Waals surface area contributed by atoms with Gasteiger partial charge in [-0.1, -0.05) is 11.6 Å². The van der Waals surface area contributed by atoms with Gasteiger partial charge in [-0.3, -0.25) is 9.59 Å². The Kier molecular flexibility index (Phi) is 5.24. The number of benzene rings is 1. The molecule has 0 saturated carbocycles. The Balaban J connectivity index is 1.90. The highest BCUT2D eigenvalue weighted by Gasteiger charge is 2.22. The molecule has 0 radical (unpaired) electrons. The molecule has 1 heterocycles. The summed E-state index contributed by atoms with van der Waals surface area (Å²) in [5.74, 6) is -1.35. The maximum absolute atomic E-state index is 13.3. The number of carbonyl (C=O) groups excluding carboxylic acids is 2. The Bertz CT molecular complexity index is 586. The van der Waals surface area contributed by atoms with Gasteiger partial charge in [-0.2, -0.15) is 0 Å². The number of rotatable bonds is 3. The minimum Gasteiger partial charge on any atom is -0.506 e. The second-order valence-electron chi connectivity index (χ2n) is 5.44. The molecule has 0 unspecified atom stereocenters. The Morgan fingerprint density at radius 2 is 2.05 bits per heavy atom. The molecule has 0 aliphatic carbocycles. The number of amides is 2. The molecule has 22 heavy (non-hydrogen) atoms. The van der Waals surface area contributed by atoms with Crippen molar-refractivity contribution in [1.29, 1.82) is 0 Å². The smallest absolute Gasteiger partial charge is 0.255 e. The lowest BCUT2D eigenvalue weighted by atomic mass is 9.96. The molecule has 0 spiro atoms. The van der Waals surface area contributed by atoms with Gasteiger partial charge in [0.1, 0.15) is 11.6 Å². The van der Waals surface area contributed by atoms with Crippen molar-refractivity contribution in [3.8, 4) is 5.75 Å². The SMILES string of the molecule is CC(=O)N1CCC(CNC(=O)c2cc(F)cc(Cl)c2O)CC1. The van der Waals surface area contributed by atoms with Crippen molar-refractivity contribution in [3.05, 3.63) is 28.5 Å². The highest BCUT2D eigenvalue weighted by Crippen LogP contribution is 2.28. The maximum Gasteiger partial charge on any atom is 0.255 e. The summed E-state index contributed by atoms with van der Waals surface area (Å²) in [5.41, 5.74) is -0.175. The fourth-order valence-corrected chi connectivity index (χ4v) is 2.73. The van der Waals surface area contributed by atoms with Crippen LogP contribution in [0.1, 0.15) is 30.1 Å². The predicted octanol–water partition coefficient (Wildman–Crippen LogP) is 2.17. The third-order valence-corrected chi connectivity index (χ3v) is 4.17. The summed E-state index contributed by atoms with van der Waals surface area (Å²) in [4.78, 5) is 25.0. The third kappa shape index (κ3) is 3.88. The third-order valence-electron chi connectivity index (χ3n) is 3.88. The van der Waals surface area contributed by atoms with Crippen LogP contribution in [0.4, 0.5) is 4.39 Å². The van der Waals surface area contributed by atoms with Gasteiger partial charge in [-0.05, 0) is 30.9 Å². The van der Waals surface area contributed by atoms with E-state index in [-0.39, 0.29) is 22.4 Å². The highest BCUT2D eigenvalue weighted by molar-refractivity contribution is 6.32. The lowest BCUT2D eigenvalue weighted by molar-refractivity contribution is -0.130. The van der Waals surface area contributed by atoms with Crippen LogP contribution in [0.15, 0.2) is 12.1 Å². The quantitative estimate of drug-likeness (QED) is 0.893. The molecule has 0 atom stereocenters. The normalized spacial score (nSPS) is 15.7. The van der Waals surface area contributed by atoms with Crippen molar-refractivity contribution in [2.24, 2.45) is 5.92 Å². The molecule has 7 heteroatoms. The molecule has 1 fully saturated rings. The zero-order chi connectivity index (χ0) is 16.3. The zero-order valence-corrected chi connectivity index (χ0v) is 13.0. The van der Waals surface area contributed by atoms with Crippen LogP contribution in [0, 0.1) is 11.7 Å². The first kappa shape index (κ1) is 16.5. The van der Waals surface area contributed by atoms with Crippen LogP contribution < -0.4 is 5.32 Å². The van der Waals surface area contributed by atoms with E-state index in [1.165, 1.54) is 0 Å². The van der Waals surface area contributed by atoms with Gasteiger partial charge in [0.25, 0.3) is 5.91 Å². The van der Waals surface area contributed by atoms with E-state index < -0.39 is 17.5 Å². The second-order valence-corrected chi connectivity index (χ2v) is 5.85. The standard InChI is InChI=1S/C15H18ClFN2O3/c1-9(20)19-4-2-10(3-5-19)8-18-15(22)12-6-11(17)7-13(16)14(12)21/h6-7,10,21H,2-5,8H2,1H3,(H,18,22). The number of halogens is 2. The van der Waals surface area contributed by atoms with Gasteiger partial charge in [0.05, 0.1) is 10.6 Å². The first-order valence-corrected chi connectivity index (χ1v) is 7.48. The van der Waals surface area contributed by atoms with E-state index in [9.17, 15) is 19.1 Å². The number of nitrogens with zero attached hydrogens (tertiary/aromatic N) is 1. The van der Waals surface area contributed by atoms with Crippen LogP contribution in [0.3, 0.4) is 0 Å². The summed E-state index contributed by atoms with van der Waals surface area (Å²) in [5, 5.41) is 12.2. The molecule has 0 aromatic heterocycles. The lowest BCUT2D eigenvalue weighted by Gasteiger charge is -2.31. The van der Waals surface area contributed by atoms with Crippen LogP contribution in [-0.4, -0.2) is 41.5 Å². The monoisotopic (exact) mass is 328 g/mol. The second kappa shape index (κ2) is 6.96.